The molecule has 2 aliphatic heterocycles. The minimum Gasteiger partial charge on any atom is -0.378 e. The molecular formula is C11H18N4OS. The summed E-state index contributed by atoms with van der Waals surface area (Å²) >= 11 is 1.77. The maximum Gasteiger partial charge on any atom is 0.208 e. The first kappa shape index (κ1) is 11.4. The predicted octanol–water partition coefficient (Wildman–Crippen LogP) is 0.842. The number of anilines is 1. The molecule has 2 aliphatic rings. The quantitative estimate of drug-likeness (QED) is 0.847. The molecule has 94 valence electrons. The van der Waals surface area contributed by atoms with Gasteiger partial charge in [-0.1, -0.05) is 11.3 Å². The fourth-order valence-corrected chi connectivity index (χ4v) is 3.41. The van der Waals surface area contributed by atoms with E-state index in [0.717, 1.165) is 44.5 Å². The summed E-state index contributed by atoms with van der Waals surface area (Å²) in [5.41, 5.74) is 0. The molecule has 2 fully saturated rings. The van der Waals surface area contributed by atoms with Crippen molar-refractivity contribution < 1.29 is 4.74 Å². The van der Waals surface area contributed by atoms with Crippen LogP contribution < -0.4 is 10.2 Å². The summed E-state index contributed by atoms with van der Waals surface area (Å²) in [5.74, 6) is 0.614. The summed E-state index contributed by atoms with van der Waals surface area (Å²) in [5, 5.41) is 14.4. The highest BCUT2D eigenvalue weighted by Crippen LogP contribution is 2.31. The topological polar surface area (TPSA) is 50.3 Å². The van der Waals surface area contributed by atoms with E-state index in [4.69, 9.17) is 4.74 Å². The number of morpholine rings is 1. The molecule has 6 heteroatoms. The Kier molecular flexibility index (Phi) is 3.54. The molecule has 1 aromatic heterocycles. The Balaban J connectivity index is 1.68. The number of piperidine rings is 1. The van der Waals surface area contributed by atoms with Crippen LogP contribution in [0.2, 0.25) is 0 Å². The van der Waals surface area contributed by atoms with E-state index in [-0.39, 0.29) is 0 Å². The lowest BCUT2D eigenvalue weighted by atomic mass is 9.99. The number of rotatable bonds is 2. The second kappa shape index (κ2) is 5.29. The van der Waals surface area contributed by atoms with Crippen LogP contribution in [0.25, 0.3) is 0 Å². The smallest absolute Gasteiger partial charge is 0.208 e. The van der Waals surface area contributed by atoms with E-state index in [1.165, 1.54) is 17.8 Å². The molecule has 0 spiro atoms. The summed E-state index contributed by atoms with van der Waals surface area (Å²) < 4.78 is 5.35. The molecule has 0 bridgehead atoms. The van der Waals surface area contributed by atoms with Crippen LogP contribution in [-0.2, 0) is 4.74 Å². The average molecular weight is 254 g/mol. The van der Waals surface area contributed by atoms with Crippen molar-refractivity contribution in [2.75, 3.05) is 44.3 Å². The maximum absolute atomic E-state index is 5.35. The van der Waals surface area contributed by atoms with Gasteiger partial charge in [-0.05, 0) is 25.9 Å². The van der Waals surface area contributed by atoms with E-state index >= 15 is 0 Å². The summed E-state index contributed by atoms with van der Waals surface area (Å²) in [6.07, 6.45) is 2.38. The molecule has 0 unspecified atom stereocenters. The van der Waals surface area contributed by atoms with Crippen molar-refractivity contribution in [1.29, 1.82) is 0 Å². The molecule has 3 rings (SSSR count). The van der Waals surface area contributed by atoms with Crippen LogP contribution in [0.3, 0.4) is 0 Å². The molecule has 1 N–H and O–H groups in total. The van der Waals surface area contributed by atoms with E-state index in [9.17, 15) is 0 Å². The zero-order valence-electron chi connectivity index (χ0n) is 9.89. The molecule has 17 heavy (non-hydrogen) atoms. The Morgan fingerprint density at radius 3 is 2.71 bits per heavy atom. The molecule has 1 aromatic rings. The Labute approximate surface area is 105 Å². The highest BCUT2D eigenvalue weighted by atomic mass is 32.1. The first-order valence-electron chi connectivity index (χ1n) is 6.30. The number of hydrogen-bond donors (Lipinski definition) is 1. The van der Waals surface area contributed by atoms with E-state index in [2.05, 4.69) is 20.4 Å². The van der Waals surface area contributed by atoms with Gasteiger partial charge in [0.05, 0.1) is 13.2 Å². The van der Waals surface area contributed by atoms with Crippen molar-refractivity contribution in [3.05, 3.63) is 5.01 Å². The van der Waals surface area contributed by atoms with Crippen LogP contribution in [0.5, 0.6) is 0 Å². The van der Waals surface area contributed by atoms with Gasteiger partial charge in [-0.3, -0.25) is 0 Å². The number of nitrogens with one attached hydrogen (secondary N) is 1. The monoisotopic (exact) mass is 254 g/mol. The lowest BCUT2D eigenvalue weighted by molar-refractivity contribution is 0.122. The second-order valence-electron chi connectivity index (χ2n) is 4.55. The van der Waals surface area contributed by atoms with E-state index in [1.54, 1.807) is 11.3 Å². The van der Waals surface area contributed by atoms with E-state index < -0.39 is 0 Å². The number of aromatic nitrogens is 2. The SMILES string of the molecule is C1CC(c2nnc(N3CCOCC3)s2)CCN1. The molecule has 2 saturated heterocycles. The molecule has 3 heterocycles. The van der Waals surface area contributed by atoms with Gasteiger partial charge in [0.25, 0.3) is 0 Å². The Morgan fingerprint density at radius 1 is 1.18 bits per heavy atom. The molecule has 0 atom stereocenters. The highest BCUT2D eigenvalue weighted by Gasteiger charge is 2.22. The van der Waals surface area contributed by atoms with Crippen molar-refractivity contribution in [3.63, 3.8) is 0 Å². The zero-order chi connectivity index (χ0) is 11.5. The van der Waals surface area contributed by atoms with Gasteiger partial charge < -0.3 is 15.0 Å². The van der Waals surface area contributed by atoms with Crippen LogP contribution in [0, 0.1) is 0 Å². The highest BCUT2D eigenvalue weighted by molar-refractivity contribution is 7.15. The van der Waals surface area contributed by atoms with Crippen LogP contribution in [-0.4, -0.2) is 49.6 Å². The van der Waals surface area contributed by atoms with E-state index in [0.29, 0.717) is 5.92 Å². The summed E-state index contributed by atoms with van der Waals surface area (Å²) in [7, 11) is 0. The Bertz CT molecular complexity index is 326. The average Bonchev–Trinajstić information content (AvgIpc) is 2.90. The predicted molar refractivity (Wildman–Crippen MR) is 67.8 cm³/mol. The first-order valence-corrected chi connectivity index (χ1v) is 7.12. The summed E-state index contributed by atoms with van der Waals surface area (Å²) in [4.78, 5) is 2.28. The van der Waals surface area contributed by atoms with Crippen molar-refractivity contribution in [2.24, 2.45) is 0 Å². The third kappa shape index (κ3) is 2.59. The van der Waals surface area contributed by atoms with E-state index in [1.807, 2.05) is 0 Å². The van der Waals surface area contributed by atoms with Crippen molar-refractivity contribution >= 4 is 16.5 Å². The second-order valence-corrected chi connectivity index (χ2v) is 5.53. The Hall–Kier alpha value is -0.720. The zero-order valence-corrected chi connectivity index (χ0v) is 10.7. The van der Waals surface area contributed by atoms with Gasteiger partial charge in [-0.2, -0.15) is 0 Å². The minimum absolute atomic E-state index is 0.614. The fourth-order valence-electron chi connectivity index (χ4n) is 2.34. The molecular weight excluding hydrogens is 236 g/mol. The number of hydrogen-bond acceptors (Lipinski definition) is 6. The normalized spacial score (nSPS) is 22.9. The van der Waals surface area contributed by atoms with Crippen molar-refractivity contribution in [1.82, 2.24) is 15.5 Å². The third-order valence-corrected chi connectivity index (χ3v) is 4.55. The lowest BCUT2D eigenvalue weighted by Crippen LogP contribution is -2.36. The summed E-state index contributed by atoms with van der Waals surface area (Å²) in [6.45, 7) is 5.72. The van der Waals surface area contributed by atoms with Crippen LogP contribution >= 0.6 is 11.3 Å². The summed E-state index contributed by atoms with van der Waals surface area (Å²) in [6, 6.07) is 0. The Morgan fingerprint density at radius 2 is 1.94 bits per heavy atom. The third-order valence-electron chi connectivity index (χ3n) is 3.40. The van der Waals surface area contributed by atoms with Crippen LogP contribution in [0.15, 0.2) is 0 Å². The largest absolute Gasteiger partial charge is 0.378 e. The van der Waals surface area contributed by atoms with Crippen molar-refractivity contribution in [3.8, 4) is 0 Å². The number of nitrogens with zero attached hydrogens (tertiary/aromatic N) is 3. The fraction of sp³-hybridized carbons (Fsp3) is 0.818. The number of ether oxygens (including phenoxy) is 1. The molecule has 5 nitrogen and oxygen atoms in total. The first-order chi connectivity index (χ1) is 8.43. The molecule has 0 aromatic carbocycles. The van der Waals surface area contributed by atoms with Gasteiger partial charge in [0.1, 0.15) is 5.01 Å². The van der Waals surface area contributed by atoms with Gasteiger partial charge in [-0.25, -0.2) is 0 Å². The van der Waals surface area contributed by atoms with Crippen LogP contribution in [0.4, 0.5) is 5.13 Å². The lowest BCUT2D eigenvalue weighted by Gasteiger charge is -2.25. The van der Waals surface area contributed by atoms with Gasteiger partial charge >= 0.3 is 0 Å². The maximum atomic E-state index is 5.35. The van der Waals surface area contributed by atoms with Gasteiger partial charge in [0.2, 0.25) is 5.13 Å². The van der Waals surface area contributed by atoms with Gasteiger partial charge in [-0.15, -0.1) is 10.2 Å². The molecule has 0 saturated carbocycles. The minimum atomic E-state index is 0.614. The molecule has 0 radical (unpaired) electrons. The molecule has 0 amide bonds. The van der Waals surface area contributed by atoms with Gasteiger partial charge in [0, 0.05) is 19.0 Å². The molecule has 0 aliphatic carbocycles. The standard InChI is InChI=1S/C11H18N4OS/c1-3-12-4-2-9(1)10-13-14-11(17-10)15-5-7-16-8-6-15/h9,12H,1-8H2. The van der Waals surface area contributed by atoms with Gasteiger partial charge in [0.15, 0.2) is 0 Å². The van der Waals surface area contributed by atoms with Crippen molar-refractivity contribution in [2.45, 2.75) is 18.8 Å². The van der Waals surface area contributed by atoms with Crippen LogP contribution in [0.1, 0.15) is 23.8 Å².